The zero-order chi connectivity index (χ0) is 10.6. The van der Waals surface area contributed by atoms with Gasteiger partial charge in [0.25, 0.3) is 0 Å². The van der Waals surface area contributed by atoms with Gasteiger partial charge in [0.05, 0.1) is 0 Å². The lowest BCUT2D eigenvalue weighted by atomic mass is 10.1. The van der Waals surface area contributed by atoms with Gasteiger partial charge in [-0.2, -0.15) is 22.2 Å². The molecule has 0 aromatic carbocycles. The van der Waals surface area contributed by atoms with Gasteiger partial charge in [0.15, 0.2) is 0 Å². The number of hydrogen-bond acceptors (Lipinski definition) is 0. The van der Waals surface area contributed by atoms with Crippen molar-refractivity contribution in [2.75, 3.05) is 5.88 Å². The Hall–Kier alpha value is 1.09. The van der Waals surface area contributed by atoms with Crippen LogP contribution in [0.4, 0.5) is 0 Å². The molecule has 0 aliphatic heterocycles. The maximum Gasteiger partial charge on any atom is 0.237 e. The minimum absolute atomic E-state index is 0.817. The largest absolute Gasteiger partial charge is 0.237 e. The molecule has 0 nitrogen and oxygen atoms in total. The molecule has 0 aliphatic carbocycles. The molecule has 0 saturated heterocycles. The number of alkyl halides is 1. The number of rotatable bonds is 10. The smallest absolute Gasteiger partial charge is 0.150 e. The SMILES string of the molecule is ClCCCCCCCCCC[SiH](Cl)Cl. The zero-order valence-electron chi connectivity index (χ0n) is 8.78. The van der Waals surface area contributed by atoms with Crippen LogP contribution < -0.4 is 0 Å². The van der Waals surface area contributed by atoms with E-state index in [9.17, 15) is 0 Å². The molecule has 0 spiro atoms. The second-order valence-electron chi connectivity index (χ2n) is 3.70. The van der Waals surface area contributed by atoms with E-state index in [4.69, 9.17) is 33.8 Å². The van der Waals surface area contributed by atoms with Gasteiger partial charge in [0.2, 0.25) is 7.42 Å². The molecular formula is C10H21Cl3Si. The summed E-state index contributed by atoms with van der Waals surface area (Å²) >= 11 is 17.1. The highest BCUT2D eigenvalue weighted by atomic mass is 35.7. The van der Waals surface area contributed by atoms with E-state index in [-0.39, 0.29) is 0 Å². The van der Waals surface area contributed by atoms with Crippen molar-refractivity contribution in [1.29, 1.82) is 0 Å². The van der Waals surface area contributed by atoms with Crippen LogP contribution in [-0.2, 0) is 0 Å². The van der Waals surface area contributed by atoms with Crippen LogP contribution in [-0.4, -0.2) is 13.3 Å². The molecule has 0 atom stereocenters. The third-order valence-corrected chi connectivity index (χ3v) is 4.73. The van der Waals surface area contributed by atoms with E-state index in [1.54, 1.807) is 0 Å². The molecule has 0 unspecified atom stereocenters. The Kier molecular flexibility index (Phi) is 13.1. The molecule has 0 aliphatic rings. The fraction of sp³-hybridized carbons (Fsp3) is 1.00. The summed E-state index contributed by atoms with van der Waals surface area (Å²) in [7, 11) is -1.32. The Labute approximate surface area is 104 Å². The Bertz CT molecular complexity index is 110. The fourth-order valence-electron chi connectivity index (χ4n) is 1.45. The van der Waals surface area contributed by atoms with Crippen molar-refractivity contribution >= 4 is 41.2 Å². The Balaban J connectivity index is 2.85. The molecule has 0 saturated carbocycles. The molecule has 4 heteroatoms. The molecule has 0 heterocycles. The van der Waals surface area contributed by atoms with Crippen LogP contribution in [0.25, 0.3) is 0 Å². The standard InChI is InChI=1S/C10H21Cl3Si/c11-9-7-5-3-1-2-4-6-8-10-14(12)13/h14H,1-10H2. The van der Waals surface area contributed by atoms with E-state index in [2.05, 4.69) is 0 Å². The molecular weight excluding hydrogens is 255 g/mol. The van der Waals surface area contributed by atoms with Crippen molar-refractivity contribution < 1.29 is 0 Å². The lowest BCUT2D eigenvalue weighted by molar-refractivity contribution is 0.585. The first-order valence-corrected chi connectivity index (χ1v) is 10.5. The average Bonchev–Trinajstić information content (AvgIpc) is 2.15. The van der Waals surface area contributed by atoms with Crippen molar-refractivity contribution in [2.24, 2.45) is 0 Å². The lowest BCUT2D eigenvalue weighted by Crippen LogP contribution is -1.91. The van der Waals surface area contributed by atoms with Gasteiger partial charge in [0.1, 0.15) is 0 Å². The van der Waals surface area contributed by atoms with Crippen molar-refractivity contribution in [3.05, 3.63) is 0 Å². The quantitative estimate of drug-likeness (QED) is 0.227. The van der Waals surface area contributed by atoms with E-state index >= 15 is 0 Å². The molecule has 0 radical (unpaired) electrons. The van der Waals surface area contributed by atoms with Crippen molar-refractivity contribution in [1.82, 2.24) is 0 Å². The first-order valence-electron chi connectivity index (χ1n) is 5.61. The van der Waals surface area contributed by atoms with Gasteiger partial charge in [-0.1, -0.05) is 44.9 Å². The van der Waals surface area contributed by atoms with Crippen LogP contribution >= 0.6 is 33.8 Å². The summed E-state index contributed by atoms with van der Waals surface area (Å²) in [6.45, 7) is 0. The molecule has 0 N–H and O–H groups in total. The van der Waals surface area contributed by atoms with Crippen LogP contribution in [0.3, 0.4) is 0 Å². The van der Waals surface area contributed by atoms with Crippen LogP contribution in [0, 0.1) is 0 Å². The van der Waals surface area contributed by atoms with Gasteiger partial charge in [-0.3, -0.25) is 0 Å². The van der Waals surface area contributed by atoms with Gasteiger partial charge >= 0.3 is 0 Å². The topological polar surface area (TPSA) is 0 Å². The summed E-state index contributed by atoms with van der Waals surface area (Å²) in [5.74, 6) is 0.817. The predicted molar refractivity (Wildman–Crippen MR) is 71.3 cm³/mol. The maximum atomic E-state index is 5.77. The molecule has 0 fully saturated rings. The van der Waals surface area contributed by atoms with Crippen LogP contribution in [0.1, 0.15) is 51.4 Å². The second-order valence-corrected chi connectivity index (χ2v) is 9.27. The number of halogens is 3. The molecule has 0 bridgehead atoms. The van der Waals surface area contributed by atoms with Gasteiger partial charge in [-0.15, -0.1) is 11.6 Å². The van der Waals surface area contributed by atoms with Crippen LogP contribution in [0.15, 0.2) is 0 Å². The van der Waals surface area contributed by atoms with E-state index in [1.165, 1.54) is 51.4 Å². The molecule has 0 amide bonds. The summed E-state index contributed by atoms with van der Waals surface area (Å²) in [6.07, 6.45) is 10.4. The lowest BCUT2D eigenvalue weighted by Gasteiger charge is -2.01. The molecule has 0 rings (SSSR count). The first-order chi connectivity index (χ1) is 6.77. The van der Waals surface area contributed by atoms with Crippen molar-refractivity contribution in [2.45, 2.75) is 57.4 Å². The third kappa shape index (κ3) is 13.1. The van der Waals surface area contributed by atoms with Gasteiger partial charge < -0.3 is 0 Å². The summed E-state index contributed by atoms with van der Waals surface area (Å²) in [6, 6.07) is 1.08. The predicted octanol–water partition coefficient (Wildman–Crippen LogP) is 5.04. The van der Waals surface area contributed by atoms with Crippen molar-refractivity contribution in [3.8, 4) is 0 Å². The Morgan fingerprint density at radius 2 is 1.07 bits per heavy atom. The Morgan fingerprint density at radius 3 is 1.50 bits per heavy atom. The van der Waals surface area contributed by atoms with Crippen molar-refractivity contribution in [3.63, 3.8) is 0 Å². The zero-order valence-corrected chi connectivity index (χ0v) is 12.2. The summed E-state index contributed by atoms with van der Waals surface area (Å²) in [4.78, 5) is 0. The minimum Gasteiger partial charge on any atom is -0.150 e. The number of hydrogen-bond donors (Lipinski definition) is 0. The van der Waals surface area contributed by atoms with E-state index in [0.717, 1.165) is 11.9 Å². The van der Waals surface area contributed by atoms with Gasteiger partial charge in [0, 0.05) is 5.88 Å². The normalized spacial score (nSPS) is 11.1. The van der Waals surface area contributed by atoms with Crippen LogP contribution in [0.2, 0.25) is 6.04 Å². The summed E-state index contributed by atoms with van der Waals surface area (Å²) < 4.78 is 0. The van der Waals surface area contributed by atoms with Crippen LogP contribution in [0.5, 0.6) is 0 Å². The van der Waals surface area contributed by atoms with Gasteiger partial charge in [-0.25, -0.2) is 0 Å². The highest BCUT2D eigenvalue weighted by Gasteiger charge is 2.00. The van der Waals surface area contributed by atoms with E-state index < -0.39 is 7.42 Å². The third-order valence-electron chi connectivity index (χ3n) is 2.31. The first kappa shape index (κ1) is 15.1. The highest BCUT2D eigenvalue weighted by molar-refractivity contribution is 7.33. The average molecular weight is 276 g/mol. The maximum absolute atomic E-state index is 5.77. The molecule has 86 valence electrons. The number of unbranched alkanes of at least 4 members (excludes halogenated alkanes) is 7. The summed E-state index contributed by atoms with van der Waals surface area (Å²) in [5, 5.41) is 0. The highest BCUT2D eigenvalue weighted by Crippen LogP contribution is 2.13. The Morgan fingerprint density at radius 1 is 0.643 bits per heavy atom. The van der Waals surface area contributed by atoms with E-state index in [0.29, 0.717) is 0 Å². The molecule has 14 heavy (non-hydrogen) atoms. The fourth-order valence-corrected chi connectivity index (χ4v) is 3.17. The summed E-state index contributed by atoms with van der Waals surface area (Å²) in [5.41, 5.74) is 0. The second kappa shape index (κ2) is 12.2. The monoisotopic (exact) mass is 274 g/mol. The van der Waals surface area contributed by atoms with E-state index in [1.807, 2.05) is 0 Å². The van der Waals surface area contributed by atoms with Gasteiger partial charge in [-0.05, 0) is 12.5 Å². The molecule has 0 aromatic heterocycles. The molecule has 0 aromatic rings. The minimum atomic E-state index is -1.32.